The van der Waals surface area contributed by atoms with Gasteiger partial charge in [0.2, 0.25) is 0 Å². The average Bonchev–Trinajstić information content (AvgIpc) is 3.03. The predicted octanol–water partition coefficient (Wildman–Crippen LogP) is 4.51. The zero-order valence-electron chi connectivity index (χ0n) is 17.5. The summed E-state index contributed by atoms with van der Waals surface area (Å²) in [6, 6.07) is 7.95. The second kappa shape index (κ2) is 10.3. The molecule has 2 N–H and O–H groups in total. The number of rotatable bonds is 8. The van der Waals surface area contributed by atoms with Crippen LogP contribution >= 0.6 is 0 Å². The van der Waals surface area contributed by atoms with Crippen molar-refractivity contribution in [1.82, 2.24) is 10.3 Å². The lowest BCUT2D eigenvalue weighted by Crippen LogP contribution is -2.29. The fraction of sp³-hybridized carbons (Fsp3) is 0.565. The minimum atomic E-state index is -0.365. The molecule has 29 heavy (non-hydrogen) atoms. The molecule has 1 aromatic heterocycles. The Morgan fingerprint density at radius 2 is 1.93 bits per heavy atom. The van der Waals surface area contributed by atoms with Gasteiger partial charge in [0.05, 0.1) is 19.1 Å². The first-order valence-electron chi connectivity index (χ1n) is 10.7. The Balaban J connectivity index is 1.56. The third-order valence-corrected chi connectivity index (χ3v) is 5.41. The molecule has 2 aromatic rings. The predicted molar refractivity (Wildman–Crippen MR) is 113 cm³/mol. The van der Waals surface area contributed by atoms with E-state index in [2.05, 4.69) is 10.3 Å². The van der Waals surface area contributed by atoms with E-state index in [1.807, 2.05) is 38.1 Å². The van der Waals surface area contributed by atoms with Crippen LogP contribution in [0.1, 0.15) is 57.2 Å². The van der Waals surface area contributed by atoms with E-state index in [4.69, 9.17) is 9.47 Å². The monoisotopic (exact) mass is 400 g/mol. The number of esters is 1. The van der Waals surface area contributed by atoms with Crippen molar-refractivity contribution >= 4 is 23.0 Å². The van der Waals surface area contributed by atoms with Crippen LogP contribution in [0.15, 0.2) is 24.3 Å². The summed E-state index contributed by atoms with van der Waals surface area (Å²) >= 11 is 0. The lowest BCUT2D eigenvalue weighted by molar-refractivity contribution is -0.146. The van der Waals surface area contributed by atoms with Crippen LogP contribution in [0, 0.1) is 5.92 Å². The van der Waals surface area contributed by atoms with Gasteiger partial charge in [-0.2, -0.15) is 0 Å². The van der Waals surface area contributed by atoms with Crippen LogP contribution in [0.5, 0.6) is 0 Å². The van der Waals surface area contributed by atoms with Gasteiger partial charge < -0.3 is 19.8 Å². The van der Waals surface area contributed by atoms with E-state index in [-0.39, 0.29) is 24.6 Å². The van der Waals surface area contributed by atoms with E-state index in [0.717, 1.165) is 35.0 Å². The number of fused-ring (bicyclic) bond motifs is 1. The molecule has 1 fully saturated rings. The second-order valence-electron chi connectivity index (χ2n) is 8.12. The Hall–Kier alpha value is -2.50. The fourth-order valence-corrected chi connectivity index (χ4v) is 4.03. The zero-order valence-corrected chi connectivity index (χ0v) is 17.5. The van der Waals surface area contributed by atoms with E-state index in [1.54, 1.807) is 0 Å². The van der Waals surface area contributed by atoms with E-state index in [0.29, 0.717) is 25.5 Å². The molecule has 158 valence electrons. The molecule has 1 heterocycles. The lowest BCUT2D eigenvalue weighted by Gasteiger charge is -2.21. The molecule has 0 atom stereocenters. The number of carbonyl (C=O) groups excluding carboxylic acids is 2. The number of ether oxygens (including phenoxy) is 2. The van der Waals surface area contributed by atoms with Crippen LogP contribution in [-0.2, 0) is 27.1 Å². The van der Waals surface area contributed by atoms with Crippen LogP contribution in [0.4, 0.5) is 4.79 Å². The highest BCUT2D eigenvalue weighted by molar-refractivity contribution is 5.86. The minimum Gasteiger partial charge on any atom is -0.463 e. The number of amides is 1. The second-order valence-corrected chi connectivity index (χ2v) is 8.12. The molecule has 0 saturated heterocycles. The third kappa shape index (κ3) is 6.24. The minimum absolute atomic E-state index is 0.143. The van der Waals surface area contributed by atoms with Crippen molar-refractivity contribution in [2.45, 2.75) is 64.9 Å². The van der Waals surface area contributed by atoms with Crippen molar-refractivity contribution in [2.75, 3.05) is 13.2 Å². The average molecular weight is 401 g/mol. The Morgan fingerprint density at radius 1 is 1.17 bits per heavy atom. The highest BCUT2D eigenvalue weighted by atomic mass is 16.5. The highest BCUT2D eigenvalue weighted by Crippen LogP contribution is 2.24. The molecule has 0 bridgehead atoms. The molecule has 1 saturated carbocycles. The van der Waals surface area contributed by atoms with Crippen molar-refractivity contribution < 1.29 is 19.1 Å². The number of H-pyrrole nitrogens is 1. The summed E-state index contributed by atoms with van der Waals surface area (Å²) < 4.78 is 10.7. The first-order chi connectivity index (χ1) is 14.0. The lowest BCUT2D eigenvalue weighted by atomic mass is 9.90. The van der Waals surface area contributed by atoms with E-state index >= 15 is 0 Å². The van der Waals surface area contributed by atoms with Gasteiger partial charge in [-0.05, 0) is 50.7 Å². The summed E-state index contributed by atoms with van der Waals surface area (Å²) in [7, 11) is 0. The smallest absolute Gasteiger partial charge is 0.407 e. The van der Waals surface area contributed by atoms with Crippen LogP contribution in [-0.4, -0.2) is 36.3 Å². The topological polar surface area (TPSA) is 80.4 Å². The molecule has 1 aromatic carbocycles. The van der Waals surface area contributed by atoms with Crippen LogP contribution in [0.2, 0.25) is 0 Å². The summed E-state index contributed by atoms with van der Waals surface area (Å²) in [5, 5.41) is 3.91. The van der Waals surface area contributed by atoms with Gasteiger partial charge in [0, 0.05) is 23.1 Å². The Kier molecular flexibility index (Phi) is 7.55. The van der Waals surface area contributed by atoms with Gasteiger partial charge in [-0.25, -0.2) is 4.79 Å². The number of alkyl carbamates (subject to hydrolysis) is 1. The number of aromatic nitrogens is 1. The van der Waals surface area contributed by atoms with Crippen molar-refractivity contribution in [3.8, 4) is 0 Å². The summed E-state index contributed by atoms with van der Waals surface area (Å²) in [4.78, 5) is 27.5. The number of nitrogens with one attached hydrogen (secondary N) is 2. The number of hydrogen-bond donors (Lipinski definition) is 2. The van der Waals surface area contributed by atoms with E-state index < -0.39 is 0 Å². The van der Waals surface area contributed by atoms with Gasteiger partial charge in [-0.1, -0.05) is 37.5 Å². The third-order valence-electron chi connectivity index (χ3n) is 5.41. The van der Waals surface area contributed by atoms with Gasteiger partial charge in [0.1, 0.15) is 0 Å². The summed E-state index contributed by atoms with van der Waals surface area (Å²) in [5.41, 5.74) is 2.86. The number of para-hydroxylation sites is 1. The van der Waals surface area contributed by atoms with Gasteiger partial charge in [-0.15, -0.1) is 0 Å². The van der Waals surface area contributed by atoms with Gasteiger partial charge in [0.25, 0.3) is 0 Å². The SMILES string of the molecule is CC(C)OC(=O)Cc1[nH]c2ccccc2c1CCNC(=O)OCC1CCCCC1. The molecule has 6 heteroatoms. The molecule has 0 unspecified atom stereocenters. The zero-order chi connectivity index (χ0) is 20.6. The van der Waals surface area contributed by atoms with Gasteiger partial charge in [-0.3, -0.25) is 4.79 Å². The van der Waals surface area contributed by atoms with Crippen LogP contribution < -0.4 is 5.32 Å². The van der Waals surface area contributed by atoms with E-state index in [1.165, 1.54) is 19.3 Å². The fourth-order valence-electron chi connectivity index (χ4n) is 4.03. The highest BCUT2D eigenvalue weighted by Gasteiger charge is 2.17. The normalized spacial score (nSPS) is 14.9. The molecule has 1 aliphatic carbocycles. The number of carbonyl (C=O) groups is 2. The maximum absolute atomic E-state index is 12.1. The van der Waals surface area contributed by atoms with E-state index in [9.17, 15) is 9.59 Å². The first kappa shape index (κ1) is 21.2. The molecule has 0 spiro atoms. The van der Waals surface area contributed by atoms with Crippen molar-refractivity contribution in [2.24, 2.45) is 5.92 Å². The molecule has 0 aliphatic heterocycles. The van der Waals surface area contributed by atoms with Crippen LogP contribution in [0.25, 0.3) is 10.9 Å². The number of hydrogen-bond acceptors (Lipinski definition) is 4. The maximum Gasteiger partial charge on any atom is 0.407 e. The number of aromatic amines is 1. The first-order valence-corrected chi connectivity index (χ1v) is 10.7. The molecule has 0 radical (unpaired) electrons. The maximum atomic E-state index is 12.1. The molecule has 3 rings (SSSR count). The standard InChI is InChI=1S/C23H32N2O4/c1-16(2)29-22(26)14-21-19(18-10-6-7-11-20(18)25-21)12-13-24-23(27)28-15-17-8-4-3-5-9-17/h6-7,10-11,16-17,25H,3-5,8-9,12-15H2,1-2H3,(H,24,27). The largest absolute Gasteiger partial charge is 0.463 e. The van der Waals surface area contributed by atoms with Gasteiger partial charge in [0.15, 0.2) is 0 Å². The summed E-state index contributed by atoms with van der Waals surface area (Å²) in [6.07, 6.45) is 6.36. The van der Waals surface area contributed by atoms with Crippen molar-refractivity contribution in [3.63, 3.8) is 0 Å². The molecular weight excluding hydrogens is 368 g/mol. The molecule has 6 nitrogen and oxygen atoms in total. The quantitative estimate of drug-likeness (QED) is 0.639. The molecular formula is C23H32N2O4. The number of benzene rings is 1. The van der Waals surface area contributed by atoms with Crippen molar-refractivity contribution in [1.29, 1.82) is 0 Å². The molecule has 1 amide bonds. The summed E-state index contributed by atoms with van der Waals surface area (Å²) in [6.45, 7) is 4.64. The Morgan fingerprint density at radius 3 is 2.69 bits per heavy atom. The van der Waals surface area contributed by atoms with Crippen LogP contribution in [0.3, 0.4) is 0 Å². The Bertz CT molecular complexity index is 821. The Labute approximate surface area is 172 Å². The van der Waals surface area contributed by atoms with Gasteiger partial charge >= 0.3 is 12.1 Å². The molecule has 1 aliphatic rings. The van der Waals surface area contributed by atoms with Crippen molar-refractivity contribution in [3.05, 3.63) is 35.5 Å². The summed E-state index contributed by atoms with van der Waals surface area (Å²) in [5.74, 6) is 0.245.